The van der Waals surface area contributed by atoms with Crippen LogP contribution < -0.4 is 5.32 Å². The van der Waals surface area contributed by atoms with Crippen molar-refractivity contribution in [3.63, 3.8) is 0 Å². The maximum absolute atomic E-state index is 5.33. The molecule has 5 nitrogen and oxygen atoms in total. The van der Waals surface area contributed by atoms with Gasteiger partial charge in [0.05, 0.1) is 0 Å². The van der Waals surface area contributed by atoms with Crippen LogP contribution in [0.25, 0.3) is 11.4 Å². The van der Waals surface area contributed by atoms with Crippen molar-refractivity contribution >= 4 is 15.9 Å². The second-order valence-electron chi connectivity index (χ2n) is 4.82. The molecule has 3 rings (SSSR count). The minimum Gasteiger partial charge on any atom is -0.339 e. The summed E-state index contributed by atoms with van der Waals surface area (Å²) in [5.41, 5.74) is 0.867. The van der Waals surface area contributed by atoms with E-state index in [4.69, 9.17) is 4.52 Å². The molecule has 100 valence electrons. The summed E-state index contributed by atoms with van der Waals surface area (Å²) in [7, 11) is 0. The first-order valence-electron chi connectivity index (χ1n) is 6.45. The molecule has 0 aliphatic carbocycles. The number of rotatable bonds is 3. The lowest BCUT2D eigenvalue weighted by molar-refractivity contribution is 0.316. The van der Waals surface area contributed by atoms with Crippen LogP contribution in [0.1, 0.15) is 18.7 Å². The Morgan fingerprint density at radius 2 is 2.37 bits per heavy atom. The molecule has 19 heavy (non-hydrogen) atoms. The summed E-state index contributed by atoms with van der Waals surface area (Å²) < 4.78 is 6.24. The van der Waals surface area contributed by atoms with E-state index in [1.807, 2.05) is 6.07 Å². The molecule has 0 spiro atoms. The zero-order chi connectivity index (χ0) is 13.1. The van der Waals surface area contributed by atoms with Crippen molar-refractivity contribution in [2.24, 2.45) is 5.92 Å². The number of aromatic nitrogens is 3. The predicted octanol–water partition coefficient (Wildman–Crippen LogP) is 2.44. The van der Waals surface area contributed by atoms with Gasteiger partial charge >= 0.3 is 0 Å². The van der Waals surface area contributed by atoms with Crippen molar-refractivity contribution in [1.82, 2.24) is 20.4 Å². The fraction of sp³-hybridized carbons (Fsp3) is 0.462. The van der Waals surface area contributed by atoms with Gasteiger partial charge in [-0.2, -0.15) is 4.98 Å². The molecule has 0 aromatic carbocycles. The van der Waals surface area contributed by atoms with Crippen LogP contribution in [-0.2, 0) is 6.42 Å². The highest BCUT2D eigenvalue weighted by molar-refractivity contribution is 9.10. The second kappa shape index (κ2) is 5.79. The maximum atomic E-state index is 5.33. The van der Waals surface area contributed by atoms with E-state index < -0.39 is 0 Å². The molecule has 0 amide bonds. The number of pyridine rings is 1. The summed E-state index contributed by atoms with van der Waals surface area (Å²) >= 11 is 3.39. The van der Waals surface area contributed by atoms with Crippen LogP contribution in [0.4, 0.5) is 0 Å². The summed E-state index contributed by atoms with van der Waals surface area (Å²) in [6.07, 6.45) is 6.77. The molecule has 1 atom stereocenters. The molecule has 1 saturated heterocycles. The van der Waals surface area contributed by atoms with Gasteiger partial charge in [-0.15, -0.1) is 0 Å². The Bertz CT molecular complexity index is 551. The zero-order valence-corrected chi connectivity index (χ0v) is 12.1. The fourth-order valence-electron chi connectivity index (χ4n) is 2.33. The molecule has 2 aromatic heterocycles. The monoisotopic (exact) mass is 322 g/mol. The first kappa shape index (κ1) is 12.7. The van der Waals surface area contributed by atoms with Crippen LogP contribution >= 0.6 is 15.9 Å². The van der Waals surface area contributed by atoms with Crippen LogP contribution in [0.2, 0.25) is 0 Å². The molecule has 1 aliphatic heterocycles. The lowest BCUT2D eigenvalue weighted by Crippen LogP contribution is -2.30. The SMILES string of the molecule is Brc1cncc(-c2noc(CC3CCCNC3)n2)c1. The van der Waals surface area contributed by atoms with Crippen molar-refractivity contribution in [2.45, 2.75) is 19.3 Å². The number of nitrogens with zero attached hydrogens (tertiary/aromatic N) is 3. The highest BCUT2D eigenvalue weighted by Gasteiger charge is 2.17. The molecule has 1 aliphatic rings. The van der Waals surface area contributed by atoms with Crippen molar-refractivity contribution < 1.29 is 4.52 Å². The minimum atomic E-state index is 0.600. The number of hydrogen-bond acceptors (Lipinski definition) is 5. The van der Waals surface area contributed by atoms with Crippen LogP contribution in [0, 0.1) is 5.92 Å². The van der Waals surface area contributed by atoms with Gasteiger partial charge in [-0.3, -0.25) is 4.98 Å². The van der Waals surface area contributed by atoms with Gasteiger partial charge in [-0.25, -0.2) is 0 Å². The summed E-state index contributed by atoms with van der Waals surface area (Å²) in [5, 5.41) is 7.42. The van der Waals surface area contributed by atoms with Gasteiger partial charge in [-0.1, -0.05) is 5.16 Å². The summed E-state index contributed by atoms with van der Waals surface area (Å²) in [6, 6.07) is 1.93. The van der Waals surface area contributed by atoms with Crippen molar-refractivity contribution in [1.29, 1.82) is 0 Å². The van der Waals surface area contributed by atoms with Crippen LogP contribution in [0.5, 0.6) is 0 Å². The highest BCUT2D eigenvalue weighted by Crippen LogP contribution is 2.21. The van der Waals surface area contributed by atoms with Gasteiger partial charge < -0.3 is 9.84 Å². The third kappa shape index (κ3) is 3.19. The number of hydrogen-bond donors (Lipinski definition) is 1. The van der Waals surface area contributed by atoms with Gasteiger partial charge in [0, 0.05) is 28.9 Å². The molecule has 2 aromatic rings. The van der Waals surface area contributed by atoms with Crippen molar-refractivity contribution in [3.05, 3.63) is 28.8 Å². The van der Waals surface area contributed by atoms with E-state index in [2.05, 4.69) is 36.4 Å². The molecular formula is C13H15BrN4O. The molecule has 0 bridgehead atoms. The molecule has 1 unspecified atom stereocenters. The normalized spacial score (nSPS) is 19.5. The second-order valence-corrected chi connectivity index (χ2v) is 5.74. The Labute approximate surface area is 119 Å². The fourth-order valence-corrected chi connectivity index (χ4v) is 2.70. The molecule has 1 fully saturated rings. The topological polar surface area (TPSA) is 63.8 Å². The van der Waals surface area contributed by atoms with Gasteiger partial charge in [0.25, 0.3) is 0 Å². The third-order valence-corrected chi connectivity index (χ3v) is 3.73. The average molecular weight is 323 g/mol. The average Bonchev–Trinajstić information content (AvgIpc) is 2.88. The number of nitrogens with one attached hydrogen (secondary N) is 1. The largest absolute Gasteiger partial charge is 0.339 e. The van der Waals surface area contributed by atoms with Gasteiger partial charge in [0.2, 0.25) is 11.7 Å². The van der Waals surface area contributed by atoms with E-state index in [-0.39, 0.29) is 0 Å². The van der Waals surface area contributed by atoms with E-state index in [1.165, 1.54) is 12.8 Å². The number of halogens is 1. The van der Waals surface area contributed by atoms with E-state index in [9.17, 15) is 0 Å². The molecule has 0 radical (unpaired) electrons. The maximum Gasteiger partial charge on any atom is 0.227 e. The van der Waals surface area contributed by atoms with Gasteiger partial charge in [0.1, 0.15) is 0 Å². The quantitative estimate of drug-likeness (QED) is 0.940. The van der Waals surface area contributed by atoms with E-state index >= 15 is 0 Å². The summed E-state index contributed by atoms with van der Waals surface area (Å²) in [6.45, 7) is 2.16. The Morgan fingerprint density at radius 3 is 3.16 bits per heavy atom. The Balaban J connectivity index is 1.72. The smallest absolute Gasteiger partial charge is 0.227 e. The van der Waals surface area contributed by atoms with E-state index in [1.54, 1.807) is 12.4 Å². The first-order chi connectivity index (χ1) is 9.31. The van der Waals surface area contributed by atoms with Crippen LogP contribution in [-0.4, -0.2) is 28.2 Å². The number of piperidine rings is 1. The molecule has 3 heterocycles. The Kier molecular flexibility index (Phi) is 3.89. The molecule has 0 saturated carbocycles. The Hall–Kier alpha value is -1.27. The third-order valence-electron chi connectivity index (χ3n) is 3.29. The van der Waals surface area contributed by atoms with Crippen molar-refractivity contribution in [2.75, 3.05) is 13.1 Å². The molecular weight excluding hydrogens is 308 g/mol. The van der Waals surface area contributed by atoms with Crippen LogP contribution in [0.3, 0.4) is 0 Å². The van der Waals surface area contributed by atoms with Crippen LogP contribution in [0.15, 0.2) is 27.5 Å². The molecule has 6 heteroatoms. The zero-order valence-electron chi connectivity index (χ0n) is 10.5. The first-order valence-corrected chi connectivity index (χ1v) is 7.25. The Morgan fingerprint density at radius 1 is 1.42 bits per heavy atom. The lowest BCUT2D eigenvalue weighted by Gasteiger charge is -2.20. The molecule has 1 N–H and O–H groups in total. The standard InChI is InChI=1S/C13H15BrN4O/c14-11-5-10(7-16-8-11)13-17-12(19-18-13)4-9-2-1-3-15-6-9/h5,7-9,15H,1-4,6H2. The highest BCUT2D eigenvalue weighted by atomic mass is 79.9. The van der Waals surface area contributed by atoms with E-state index in [0.717, 1.165) is 29.5 Å². The van der Waals surface area contributed by atoms with Crippen molar-refractivity contribution in [3.8, 4) is 11.4 Å². The lowest BCUT2D eigenvalue weighted by atomic mass is 9.96. The van der Waals surface area contributed by atoms with Gasteiger partial charge in [0.15, 0.2) is 0 Å². The summed E-state index contributed by atoms with van der Waals surface area (Å²) in [5.74, 6) is 1.92. The van der Waals surface area contributed by atoms with E-state index in [0.29, 0.717) is 17.6 Å². The predicted molar refractivity (Wildman–Crippen MR) is 74.5 cm³/mol. The van der Waals surface area contributed by atoms with Gasteiger partial charge in [-0.05, 0) is 53.8 Å². The summed E-state index contributed by atoms with van der Waals surface area (Å²) in [4.78, 5) is 8.56. The minimum absolute atomic E-state index is 0.600.